The maximum Gasteiger partial charge on any atom is 0.269 e. The minimum atomic E-state index is -0.422. The normalized spacial score (nSPS) is 10.3. The summed E-state index contributed by atoms with van der Waals surface area (Å²) >= 11 is 0. The number of nitro benzene ring substituents is 1. The zero-order valence-corrected chi connectivity index (χ0v) is 10.3. The molecular weight excluding hydrogens is 254 g/mol. The van der Waals surface area contributed by atoms with Crippen molar-refractivity contribution in [3.05, 3.63) is 64.2 Å². The summed E-state index contributed by atoms with van der Waals surface area (Å²) in [6.07, 6.45) is 0. The van der Waals surface area contributed by atoms with E-state index < -0.39 is 4.92 Å². The molecule has 20 heavy (non-hydrogen) atoms. The third kappa shape index (κ3) is 1.99. The highest BCUT2D eigenvalue weighted by Crippen LogP contribution is 2.26. The number of hydrogen-bond acceptors (Lipinski definition) is 3. The van der Waals surface area contributed by atoms with Crippen LogP contribution in [0.4, 0.5) is 5.69 Å². The van der Waals surface area contributed by atoms with Crippen molar-refractivity contribution in [2.75, 3.05) is 0 Å². The van der Waals surface area contributed by atoms with E-state index in [1.807, 2.05) is 12.1 Å². The van der Waals surface area contributed by atoms with Crippen LogP contribution in [0.3, 0.4) is 0 Å². The Morgan fingerprint density at radius 1 is 1.10 bits per heavy atom. The fourth-order valence-electron chi connectivity index (χ4n) is 2.11. The molecular formula is C15H9N3O2. The lowest BCUT2D eigenvalue weighted by Crippen LogP contribution is -1.87. The van der Waals surface area contributed by atoms with E-state index in [0.29, 0.717) is 5.56 Å². The second-order valence-electron chi connectivity index (χ2n) is 4.40. The zero-order valence-electron chi connectivity index (χ0n) is 10.3. The zero-order chi connectivity index (χ0) is 14.1. The van der Waals surface area contributed by atoms with Gasteiger partial charge in [0.15, 0.2) is 0 Å². The van der Waals surface area contributed by atoms with E-state index in [1.165, 1.54) is 12.1 Å². The summed E-state index contributed by atoms with van der Waals surface area (Å²) in [6, 6.07) is 15.8. The molecule has 1 aromatic heterocycles. The van der Waals surface area contributed by atoms with E-state index in [-0.39, 0.29) is 5.69 Å². The number of benzene rings is 2. The quantitative estimate of drug-likeness (QED) is 0.566. The van der Waals surface area contributed by atoms with Gasteiger partial charge >= 0.3 is 0 Å². The number of nitrogens with one attached hydrogen (secondary N) is 1. The number of non-ortho nitro benzene ring substituents is 1. The maximum atomic E-state index is 10.6. The summed E-state index contributed by atoms with van der Waals surface area (Å²) in [4.78, 5) is 13.4. The van der Waals surface area contributed by atoms with E-state index >= 15 is 0 Å². The molecule has 3 rings (SSSR count). The van der Waals surface area contributed by atoms with Crippen LogP contribution < -0.4 is 0 Å². The van der Waals surface area contributed by atoms with Crippen molar-refractivity contribution in [2.45, 2.75) is 0 Å². The Labute approximate surface area is 114 Å². The van der Waals surface area contributed by atoms with Crippen LogP contribution >= 0.6 is 0 Å². The predicted octanol–water partition coefficient (Wildman–Crippen LogP) is 3.61. The molecule has 0 aliphatic heterocycles. The summed E-state index contributed by atoms with van der Waals surface area (Å²) in [5.41, 5.74) is 3.26. The molecule has 0 fully saturated rings. The highest BCUT2D eigenvalue weighted by molar-refractivity contribution is 5.86. The van der Waals surface area contributed by atoms with Crippen LogP contribution in [0, 0.1) is 21.4 Å². The maximum absolute atomic E-state index is 10.6. The van der Waals surface area contributed by atoms with Crippen LogP contribution in [0.2, 0.25) is 0 Å². The number of nitrogens with zero attached hydrogens (tertiary/aromatic N) is 2. The third-order valence-electron chi connectivity index (χ3n) is 3.14. The van der Waals surface area contributed by atoms with Gasteiger partial charge in [-0.25, -0.2) is 0 Å². The van der Waals surface area contributed by atoms with Crippen molar-refractivity contribution in [3.63, 3.8) is 0 Å². The third-order valence-corrected chi connectivity index (χ3v) is 3.14. The minimum absolute atomic E-state index is 0.0663. The molecule has 3 aromatic rings. The van der Waals surface area contributed by atoms with Gasteiger partial charge in [0.2, 0.25) is 0 Å². The van der Waals surface area contributed by atoms with Gasteiger partial charge in [-0.05, 0) is 35.9 Å². The van der Waals surface area contributed by atoms with Gasteiger partial charge in [0.25, 0.3) is 5.69 Å². The molecule has 0 spiro atoms. The van der Waals surface area contributed by atoms with Gasteiger partial charge < -0.3 is 4.98 Å². The number of fused-ring (bicyclic) bond motifs is 1. The summed E-state index contributed by atoms with van der Waals surface area (Å²) in [7, 11) is 0. The van der Waals surface area contributed by atoms with E-state index in [2.05, 4.69) is 11.1 Å². The molecule has 0 saturated heterocycles. The average Bonchev–Trinajstić information content (AvgIpc) is 2.90. The van der Waals surface area contributed by atoms with Crippen LogP contribution in [-0.4, -0.2) is 9.91 Å². The highest BCUT2D eigenvalue weighted by atomic mass is 16.6. The Bertz CT molecular complexity index is 842. The molecule has 0 radical (unpaired) electrons. The standard InChI is InChI=1S/C15H9N3O2/c16-9-10-1-2-12-8-15(17-14(12)7-10)11-3-5-13(6-4-11)18(19)20/h1-8,17H. The first kappa shape index (κ1) is 11.9. The number of hydrogen-bond donors (Lipinski definition) is 1. The van der Waals surface area contributed by atoms with Crippen molar-refractivity contribution in [1.82, 2.24) is 4.98 Å². The van der Waals surface area contributed by atoms with Gasteiger partial charge in [-0.3, -0.25) is 10.1 Å². The lowest BCUT2D eigenvalue weighted by Gasteiger charge is -1.97. The summed E-state index contributed by atoms with van der Waals surface area (Å²) in [5.74, 6) is 0. The molecule has 1 N–H and O–H groups in total. The lowest BCUT2D eigenvalue weighted by atomic mass is 10.1. The Morgan fingerprint density at radius 3 is 2.50 bits per heavy atom. The van der Waals surface area contributed by atoms with Crippen LogP contribution in [0.5, 0.6) is 0 Å². The minimum Gasteiger partial charge on any atom is -0.354 e. The van der Waals surface area contributed by atoms with E-state index in [1.54, 1.807) is 24.3 Å². The molecule has 1 heterocycles. The van der Waals surface area contributed by atoms with Gasteiger partial charge in [-0.15, -0.1) is 0 Å². The van der Waals surface area contributed by atoms with Crippen molar-refractivity contribution in [2.24, 2.45) is 0 Å². The number of rotatable bonds is 2. The number of H-pyrrole nitrogens is 1. The van der Waals surface area contributed by atoms with E-state index in [4.69, 9.17) is 5.26 Å². The van der Waals surface area contributed by atoms with E-state index in [0.717, 1.165) is 22.2 Å². The number of aromatic nitrogens is 1. The van der Waals surface area contributed by atoms with Crippen LogP contribution in [0.25, 0.3) is 22.2 Å². The number of nitro groups is 1. The van der Waals surface area contributed by atoms with Crippen molar-refractivity contribution >= 4 is 16.6 Å². The summed E-state index contributed by atoms with van der Waals surface area (Å²) in [5, 5.41) is 20.5. The van der Waals surface area contributed by atoms with Crippen LogP contribution in [-0.2, 0) is 0 Å². The van der Waals surface area contributed by atoms with Gasteiger partial charge in [0, 0.05) is 28.7 Å². The number of nitriles is 1. The molecule has 2 aromatic carbocycles. The van der Waals surface area contributed by atoms with Crippen LogP contribution in [0.15, 0.2) is 48.5 Å². The molecule has 0 unspecified atom stereocenters. The molecule has 0 bridgehead atoms. The summed E-state index contributed by atoms with van der Waals surface area (Å²) < 4.78 is 0. The molecule has 5 nitrogen and oxygen atoms in total. The molecule has 0 aliphatic carbocycles. The van der Waals surface area contributed by atoms with Crippen molar-refractivity contribution in [1.29, 1.82) is 5.26 Å². The van der Waals surface area contributed by atoms with Gasteiger partial charge in [0.05, 0.1) is 16.6 Å². The highest BCUT2D eigenvalue weighted by Gasteiger charge is 2.07. The second-order valence-corrected chi connectivity index (χ2v) is 4.40. The van der Waals surface area contributed by atoms with Crippen molar-refractivity contribution in [3.8, 4) is 17.3 Å². The van der Waals surface area contributed by atoms with Gasteiger partial charge in [0.1, 0.15) is 0 Å². The van der Waals surface area contributed by atoms with Gasteiger partial charge in [-0.1, -0.05) is 6.07 Å². The second kappa shape index (κ2) is 4.52. The predicted molar refractivity (Wildman–Crippen MR) is 75.1 cm³/mol. The smallest absolute Gasteiger partial charge is 0.269 e. The largest absolute Gasteiger partial charge is 0.354 e. The lowest BCUT2D eigenvalue weighted by molar-refractivity contribution is -0.384. The fourth-order valence-corrected chi connectivity index (χ4v) is 2.11. The number of aromatic amines is 1. The fraction of sp³-hybridized carbons (Fsp3) is 0. The van der Waals surface area contributed by atoms with Crippen molar-refractivity contribution < 1.29 is 4.92 Å². The van der Waals surface area contributed by atoms with Crippen LogP contribution in [0.1, 0.15) is 5.56 Å². The molecule has 0 saturated carbocycles. The monoisotopic (exact) mass is 263 g/mol. The van der Waals surface area contributed by atoms with E-state index in [9.17, 15) is 10.1 Å². The first-order chi connectivity index (χ1) is 9.67. The molecule has 0 amide bonds. The Morgan fingerprint density at radius 2 is 1.85 bits per heavy atom. The molecule has 0 aliphatic rings. The SMILES string of the molecule is N#Cc1ccc2cc(-c3ccc([N+](=O)[O-])cc3)[nH]c2c1. The topological polar surface area (TPSA) is 82.7 Å². The van der Waals surface area contributed by atoms with Gasteiger partial charge in [-0.2, -0.15) is 5.26 Å². The Hall–Kier alpha value is -3.13. The molecule has 96 valence electrons. The first-order valence-corrected chi connectivity index (χ1v) is 5.95. The molecule has 5 heteroatoms. The summed E-state index contributed by atoms with van der Waals surface area (Å²) in [6.45, 7) is 0. The first-order valence-electron chi connectivity index (χ1n) is 5.95. The Balaban J connectivity index is 2.05. The molecule has 0 atom stereocenters. The average molecular weight is 263 g/mol. The Kier molecular flexibility index (Phi) is 2.70.